The van der Waals surface area contributed by atoms with E-state index in [4.69, 9.17) is 0 Å². The van der Waals surface area contributed by atoms with Gasteiger partial charge >= 0.3 is 0 Å². The molecule has 0 unspecified atom stereocenters. The van der Waals surface area contributed by atoms with E-state index >= 15 is 0 Å². The molecule has 0 saturated heterocycles. The summed E-state index contributed by atoms with van der Waals surface area (Å²) in [6, 6.07) is 0. The molecule has 132 valence electrons. The number of halogens is 1. The first kappa shape index (κ1) is 16.8. The lowest BCUT2D eigenvalue weighted by Crippen LogP contribution is -2.58. The van der Waals surface area contributed by atoms with Gasteiger partial charge in [-0.2, -0.15) is 0 Å². The van der Waals surface area contributed by atoms with Crippen LogP contribution in [0.15, 0.2) is 0 Å². The largest absolute Gasteiger partial charge is 0.393 e. The van der Waals surface area contributed by atoms with Crippen molar-refractivity contribution < 1.29 is 15.3 Å². The average Bonchev–Trinajstić information content (AvgIpc) is 2.73. The van der Waals surface area contributed by atoms with Gasteiger partial charge in [-0.3, -0.25) is 0 Å². The molecule has 0 spiro atoms. The van der Waals surface area contributed by atoms with Crippen molar-refractivity contribution in [2.24, 2.45) is 34.5 Å². The van der Waals surface area contributed by atoms with E-state index in [1.54, 1.807) is 0 Å². The van der Waals surface area contributed by atoms with E-state index < -0.39 is 0 Å². The highest BCUT2D eigenvalue weighted by Crippen LogP contribution is 2.66. The fourth-order valence-electron chi connectivity index (χ4n) is 7.15. The van der Waals surface area contributed by atoms with E-state index in [9.17, 15) is 15.3 Å². The molecule has 0 bridgehead atoms. The third-order valence-corrected chi connectivity index (χ3v) is 9.47. The maximum atomic E-state index is 11.0. The van der Waals surface area contributed by atoms with Gasteiger partial charge in [-0.25, -0.2) is 0 Å². The summed E-state index contributed by atoms with van der Waals surface area (Å²) in [6.45, 7) is 4.67. The number of alkyl halides is 1. The van der Waals surface area contributed by atoms with Crippen LogP contribution in [0.1, 0.15) is 58.8 Å². The molecule has 4 aliphatic carbocycles. The summed E-state index contributed by atoms with van der Waals surface area (Å²) in [4.78, 5) is 0.169. The number of fused-ring (bicyclic) bond motifs is 5. The number of aliphatic hydroxyl groups excluding tert-OH is 3. The van der Waals surface area contributed by atoms with E-state index in [-0.39, 0.29) is 34.0 Å². The monoisotopic (exact) mass is 386 g/mol. The molecule has 0 aliphatic heterocycles. The van der Waals surface area contributed by atoms with E-state index in [2.05, 4.69) is 29.8 Å². The average molecular weight is 387 g/mol. The zero-order valence-electron chi connectivity index (χ0n) is 14.3. The molecule has 0 aromatic carbocycles. The van der Waals surface area contributed by atoms with Crippen molar-refractivity contribution >= 4 is 15.9 Å². The fraction of sp³-hybridized carbons (Fsp3) is 1.00. The Morgan fingerprint density at radius 2 is 1.57 bits per heavy atom. The molecule has 4 heteroatoms. The first-order valence-corrected chi connectivity index (χ1v) is 10.4. The van der Waals surface area contributed by atoms with Gasteiger partial charge in [-0.1, -0.05) is 29.8 Å². The van der Waals surface area contributed by atoms with Crippen LogP contribution >= 0.6 is 15.9 Å². The van der Waals surface area contributed by atoms with Gasteiger partial charge in [0.1, 0.15) is 0 Å². The second-order valence-electron chi connectivity index (χ2n) is 9.47. The van der Waals surface area contributed by atoms with Crippen LogP contribution in [0.4, 0.5) is 0 Å². The molecule has 4 rings (SSSR count). The summed E-state index contributed by atoms with van der Waals surface area (Å²) >= 11 is 3.69. The lowest BCUT2D eigenvalue weighted by atomic mass is 9.44. The van der Waals surface area contributed by atoms with Crippen LogP contribution in [0.2, 0.25) is 0 Å². The van der Waals surface area contributed by atoms with E-state index in [0.717, 1.165) is 44.9 Å². The molecule has 23 heavy (non-hydrogen) atoms. The normalized spacial score (nSPS) is 62.3. The van der Waals surface area contributed by atoms with Crippen molar-refractivity contribution in [2.75, 3.05) is 0 Å². The van der Waals surface area contributed by atoms with Crippen LogP contribution in [0.25, 0.3) is 0 Å². The Morgan fingerprint density at radius 3 is 2.30 bits per heavy atom. The molecule has 4 saturated carbocycles. The smallest absolute Gasteiger partial charge is 0.0721 e. The van der Waals surface area contributed by atoms with Crippen molar-refractivity contribution in [1.29, 1.82) is 0 Å². The van der Waals surface area contributed by atoms with Crippen molar-refractivity contribution in [2.45, 2.75) is 81.9 Å². The van der Waals surface area contributed by atoms with Gasteiger partial charge in [0.25, 0.3) is 0 Å². The number of hydrogen-bond acceptors (Lipinski definition) is 3. The highest BCUT2D eigenvalue weighted by Gasteiger charge is 2.63. The maximum Gasteiger partial charge on any atom is 0.0721 e. The molecule has 3 N–H and O–H groups in total. The lowest BCUT2D eigenvalue weighted by molar-refractivity contribution is -0.176. The molecular formula is C19H31BrO3. The molecule has 3 nitrogen and oxygen atoms in total. The van der Waals surface area contributed by atoms with Gasteiger partial charge in [0, 0.05) is 4.83 Å². The Kier molecular flexibility index (Phi) is 3.97. The molecule has 0 aromatic heterocycles. The SMILES string of the molecule is C[C@]12CC[C@H](O)C[C@@H]1C[C@@H](O)[C@@H]1[C@@H]2CC[C@]2(C)[C@@H](O)[C@H](Br)C[C@@H]12. The summed E-state index contributed by atoms with van der Waals surface area (Å²) in [6.07, 6.45) is 6.15. The first-order valence-electron chi connectivity index (χ1n) is 9.45. The number of hydrogen-bond donors (Lipinski definition) is 3. The second-order valence-corrected chi connectivity index (χ2v) is 10.6. The summed E-state index contributed by atoms with van der Waals surface area (Å²) in [5.74, 6) is 1.74. The number of rotatable bonds is 0. The standard InChI is InChI=1S/C19H31BrO3/c1-18-5-3-11(21)7-10(18)8-15(22)16-12(18)4-6-19(2)13(16)9-14(20)17(19)23/h10-17,21-23H,3-9H2,1-2H3/t10-,11+,12+,13+,14-,15-,16-,17+,18+,19+/m1/s1. The van der Waals surface area contributed by atoms with Crippen molar-refractivity contribution in [3.8, 4) is 0 Å². The Morgan fingerprint density at radius 1 is 0.870 bits per heavy atom. The third kappa shape index (κ3) is 2.24. The van der Waals surface area contributed by atoms with Crippen molar-refractivity contribution in [3.05, 3.63) is 0 Å². The van der Waals surface area contributed by atoms with Crippen LogP contribution in [-0.2, 0) is 0 Å². The van der Waals surface area contributed by atoms with Gasteiger partial charge < -0.3 is 15.3 Å². The molecule has 0 amide bonds. The predicted octanol–water partition coefficient (Wildman–Crippen LogP) is 3.10. The minimum Gasteiger partial charge on any atom is -0.393 e. The van der Waals surface area contributed by atoms with E-state index in [1.165, 1.54) is 0 Å². The van der Waals surface area contributed by atoms with Crippen LogP contribution in [0, 0.1) is 34.5 Å². The molecule has 4 aliphatic rings. The van der Waals surface area contributed by atoms with E-state index in [1.807, 2.05) is 0 Å². The Hall–Kier alpha value is 0.360. The second kappa shape index (κ2) is 5.43. The minimum atomic E-state index is -0.292. The summed E-state index contributed by atoms with van der Waals surface area (Å²) in [5.41, 5.74) is 0.216. The fourth-order valence-corrected chi connectivity index (χ4v) is 8.15. The zero-order chi connectivity index (χ0) is 16.6. The Bertz CT molecular complexity index is 485. The van der Waals surface area contributed by atoms with Gasteiger partial charge in [0.2, 0.25) is 0 Å². The van der Waals surface area contributed by atoms with E-state index in [0.29, 0.717) is 23.7 Å². The van der Waals surface area contributed by atoms with Gasteiger partial charge in [-0.05, 0) is 79.4 Å². The number of aliphatic hydroxyl groups is 3. The van der Waals surface area contributed by atoms with Crippen LogP contribution in [-0.4, -0.2) is 38.5 Å². The van der Waals surface area contributed by atoms with Crippen LogP contribution in [0.5, 0.6) is 0 Å². The summed E-state index contributed by atoms with van der Waals surface area (Å²) in [5, 5.41) is 31.8. The van der Waals surface area contributed by atoms with Gasteiger partial charge in [0.15, 0.2) is 0 Å². The first-order chi connectivity index (χ1) is 10.8. The maximum absolute atomic E-state index is 11.0. The molecule has 0 radical (unpaired) electrons. The molecule has 0 aromatic rings. The third-order valence-electron chi connectivity index (χ3n) is 8.59. The lowest BCUT2D eigenvalue weighted by Gasteiger charge is -2.61. The Balaban J connectivity index is 1.68. The summed E-state index contributed by atoms with van der Waals surface area (Å²) in [7, 11) is 0. The zero-order valence-corrected chi connectivity index (χ0v) is 15.9. The van der Waals surface area contributed by atoms with Crippen LogP contribution < -0.4 is 0 Å². The molecule has 10 atom stereocenters. The predicted molar refractivity (Wildman–Crippen MR) is 93.2 cm³/mol. The highest BCUT2D eigenvalue weighted by atomic mass is 79.9. The van der Waals surface area contributed by atoms with Gasteiger partial charge in [-0.15, -0.1) is 0 Å². The summed E-state index contributed by atoms with van der Waals surface area (Å²) < 4.78 is 0. The molecule has 4 fully saturated rings. The molecule has 0 heterocycles. The van der Waals surface area contributed by atoms with Crippen molar-refractivity contribution in [1.82, 2.24) is 0 Å². The molecular weight excluding hydrogens is 356 g/mol. The van der Waals surface area contributed by atoms with Crippen LogP contribution in [0.3, 0.4) is 0 Å². The minimum absolute atomic E-state index is 0.0479. The highest BCUT2D eigenvalue weighted by molar-refractivity contribution is 9.09. The van der Waals surface area contributed by atoms with Crippen molar-refractivity contribution in [3.63, 3.8) is 0 Å². The Labute approximate surface area is 148 Å². The van der Waals surface area contributed by atoms with Gasteiger partial charge in [0.05, 0.1) is 18.3 Å². The topological polar surface area (TPSA) is 60.7 Å². The quantitative estimate of drug-likeness (QED) is 0.560.